The maximum Gasteiger partial charge on any atom is 0.251 e. The number of carbonyl (C=O) groups excluding carboxylic acids is 1. The first-order valence-electron chi connectivity index (χ1n) is 8.23. The average molecular weight is 350 g/mol. The summed E-state index contributed by atoms with van der Waals surface area (Å²) in [6.45, 7) is 1.91. The number of aromatic nitrogens is 1. The maximum absolute atomic E-state index is 13.8. The summed E-state index contributed by atoms with van der Waals surface area (Å²) >= 11 is 0. The highest BCUT2D eigenvalue weighted by Gasteiger charge is 2.13. The minimum Gasteiger partial charge on any atom is -0.497 e. The van der Waals surface area contributed by atoms with Gasteiger partial charge in [0.2, 0.25) is 0 Å². The van der Waals surface area contributed by atoms with Crippen molar-refractivity contribution < 1.29 is 13.9 Å². The highest BCUT2D eigenvalue weighted by molar-refractivity contribution is 5.95. The van der Waals surface area contributed by atoms with Gasteiger partial charge in [-0.05, 0) is 48.4 Å². The second-order valence-corrected chi connectivity index (χ2v) is 5.90. The van der Waals surface area contributed by atoms with E-state index in [1.54, 1.807) is 37.4 Å². The monoisotopic (exact) mass is 350 g/mol. The van der Waals surface area contributed by atoms with Gasteiger partial charge in [0.05, 0.1) is 19.3 Å². The molecule has 1 amide bonds. The molecular weight excluding hydrogens is 331 g/mol. The van der Waals surface area contributed by atoms with Crippen LogP contribution in [0, 0.1) is 5.82 Å². The minimum absolute atomic E-state index is 0.171. The average Bonchev–Trinajstić information content (AvgIpc) is 2.68. The molecule has 0 aliphatic carbocycles. The quantitative estimate of drug-likeness (QED) is 0.743. The summed E-state index contributed by atoms with van der Waals surface area (Å²) in [4.78, 5) is 16.2. The van der Waals surface area contributed by atoms with Crippen LogP contribution >= 0.6 is 0 Å². The standard InChI is InChI=1S/C21H19FN2O2/c1-14(17-4-3-5-18(12-17)26-2)24-21(25)16-8-6-15(7-9-16)19-10-11-23-13-20(19)22/h3-14H,1-2H3,(H,24,25)/t14-/m1/s1. The molecule has 0 radical (unpaired) electrons. The molecule has 26 heavy (non-hydrogen) atoms. The van der Waals surface area contributed by atoms with E-state index in [0.717, 1.165) is 11.3 Å². The number of benzene rings is 2. The number of carbonyl (C=O) groups is 1. The Bertz CT molecular complexity index is 910. The number of hydrogen-bond acceptors (Lipinski definition) is 3. The zero-order chi connectivity index (χ0) is 18.5. The summed E-state index contributed by atoms with van der Waals surface area (Å²) < 4.78 is 19.0. The van der Waals surface area contributed by atoms with Crippen LogP contribution < -0.4 is 10.1 Å². The fraction of sp³-hybridized carbons (Fsp3) is 0.143. The zero-order valence-electron chi connectivity index (χ0n) is 14.6. The molecule has 0 saturated heterocycles. The largest absolute Gasteiger partial charge is 0.497 e. The van der Waals surface area contributed by atoms with Gasteiger partial charge >= 0.3 is 0 Å². The van der Waals surface area contributed by atoms with E-state index in [2.05, 4.69) is 10.3 Å². The van der Waals surface area contributed by atoms with Crippen LogP contribution in [0.4, 0.5) is 4.39 Å². The lowest BCUT2D eigenvalue weighted by Gasteiger charge is -2.15. The Morgan fingerprint density at radius 1 is 1.15 bits per heavy atom. The molecule has 2 aromatic carbocycles. The number of halogens is 1. The zero-order valence-corrected chi connectivity index (χ0v) is 14.6. The van der Waals surface area contributed by atoms with Gasteiger partial charge in [-0.2, -0.15) is 0 Å². The van der Waals surface area contributed by atoms with Crippen LogP contribution in [0.5, 0.6) is 5.75 Å². The number of hydrogen-bond donors (Lipinski definition) is 1. The second kappa shape index (κ2) is 7.78. The third kappa shape index (κ3) is 3.88. The summed E-state index contributed by atoms with van der Waals surface area (Å²) in [6, 6.07) is 15.8. The van der Waals surface area contributed by atoms with E-state index in [9.17, 15) is 9.18 Å². The summed E-state index contributed by atoms with van der Waals surface area (Å²) in [7, 11) is 1.61. The molecule has 4 nitrogen and oxygen atoms in total. The van der Waals surface area contributed by atoms with Crippen molar-refractivity contribution in [3.8, 4) is 16.9 Å². The van der Waals surface area contributed by atoms with E-state index in [4.69, 9.17) is 4.74 Å². The van der Waals surface area contributed by atoms with Gasteiger partial charge in [0.1, 0.15) is 11.6 Å². The lowest BCUT2D eigenvalue weighted by molar-refractivity contribution is 0.0940. The van der Waals surface area contributed by atoms with E-state index in [0.29, 0.717) is 16.7 Å². The molecule has 1 aromatic heterocycles. The first-order chi connectivity index (χ1) is 12.6. The van der Waals surface area contributed by atoms with Crippen molar-refractivity contribution in [3.63, 3.8) is 0 Å². The van der Waals surface area contributed by atoms with Crippen molar-refractivity contribution in [1.29, 1.82) is 0 Å². The molecule has 0 aliphatic heterocycles. The van der Waals surface area contributed by atoms with E-state index >= 15 is 0 Å². The van der Waals surface area contributed by atoms with Crippen LogP contribution in [0.2, 0.25) is 0 Å². The first-order valence-corrected chi connectivity index (χ1v) is 8.23. The predicted molar refractivity (Wildman–Crippen MR) is 98.5 cm³/mol. The summed E-state index contributed by atoms with van der Waals surface area (Å²) in [5.74, 6) is 0.158. The lowest BCUT2D eigenvalue weighted by atomic mass is 10.0. The van der Waals surface area contributed by atoms with Crippen LogP contribution in [0.1, 0.15) is 28.9 Å². The van der Waals surface area contributed by atoms with Gasteiger partial charge in [-0.1, -0.05) is 24.3 Å². The Hall–Kier alpha value is -3.21. The number of nitrogens with one attached hydrogen (secondary N) is 1. The molecule has 0 bridgehead atoms. The molecule has 5 heteroatoms. The number of rotatable bonds is 5. The Kier molecular flexibility index (Phi) is 5.27. The molecule has 3 aromatic rings. The van der Waals surface area contributed by atoms with Crippen molar-refractivity contribution in [2.75, 3.05) is 7.11 Å². The first kappa shape index (κ1) is 17.6. The third-order valence-corrected chi connectivity index (χ3v) is 4.17. The van der Waals surface area contributed by atoms with E-state index < -0.39 is 5.82 Å². The number of amides is 1. The fourth-order valence-electron chi connectivity index (χ4n) is 2.68. The van der Waals surface area contributed by atoms with Crippen LogP contribution in [-0.4, -0.2) is 18.0 Å². The number of methoxy groups -OCH3 is 1. The predicted octanol–water partition coefficient (Wildman–Crippen LogP) is 4.39. The Morgan fingerprint density at radius 2 is 1.92 bits per heavy atom. The van der Waals surface area contributed by atoms with Crippen LogP contribution in [0.25, 0.3) is 11.1 Å². The SMILES string of the molecule is COc1cccc([C@@H](C)NC(=O)c2ccc(-c3ccncc3F)cc2)c1. The molecule has 1 N–H and O–H groups in total. The van der Waals surface area contributed by atoms with Gasteiger partial charge in [0, 0.05) is 17.3 Å². The molecule has 0 saturated carbocycles. The van der Waals surface area contributed by atoms with E-state index in [1.165, 1.54) is 12.4 Å². The van der Waals surface area contributed by atoms with Crippen molar-refractivity contribution in [2.45, 2.75) is 13.0 Å². The minimum atomic E-state index is -0.392. The highest BCUT2D eigenvalue weighted by Crippen LogP contribution is 2.23. The third-order valence-electron chi connectivity index (χ3n) is 4.17. The number of pyridine rings is 1. The number of ether oxygens (including phenoxy) is 1. The summed E-state index contributed by atoms with van der Waals surface area (Å²) in [5.41, 5.74) is 2.62. The van der Waals surface area contributed by atoms with Gasteiger partial charge < -0.3 is 10.1 Å². The summed E-state index contributed by atoms with van der Waals surface area (Å²) in [5, 5.41) is 2.96. The fourth-order valence-corrected chi connectivity index (χ4v) is 2.68. The Balaban J connectivity index is 1.73. The molecule has 1 heterocycles. The molecule has 0 unspecified atom stereocenters. The molecular formula is C21H19FN2O2. The van der Waals surface area contributed by atoms with Crippen LogP contribution in [0.3, 0.4) is 0 Å². The second-order valence-electron chi connectivity index (χ2n) is 5.90. The van der Waals surface area contributed by atoms with Crippen molar-refractivity contribution in [2.24, 2.45) is 0 Å². The van der Waals surface area contributed by atoms with E-state index in [-0.39, 0.29) is 11.9 Å². The molecule has 1 atom stereocenters. The van der Waals surface area contributed by atoms with Crippen molar-refractivity contribution in [1.82, 2.24) is 10.3 Å². The van der Waals surface area contributed by atoms with Crippen LogP contribution in [0.15, 0.2) is 67.0 Å². The van der Waals surface area contributed by atoms with Gasteiger partial charge in [-0.3, -0.25) is 9.78 Å². The van der Waals surface area contributed by atoms with Gasteiger partial charge in [-0.15, -0.1) is 0 Å². The summed E-state index contributed by atoms with van der Waals surface area (Å²) in [6.07, 6.45) is 2.71. The van der Waals surface area contributed by atoms with Gasteiger partial charge in [-0.25, -0.2) is 4.39 Å². The highest BCUT2D eigenvalue weighted by atomic mass is 19.1. The van der Waals surface area contributed by atoms with Crippen molar-refractivity contribution >= 4 is 5.91 Å². The Morgan fingerprint density at radius 3 is 2.62 bits per heavy atom. The molecule has 0 aliphatic rings. The smallest absolute Gasteiger partial charge is 0.251 e. The topological polar surface area (TPSA) is 51.2 Å². The molecule has 3 rings (SSSR count). The lowest BCUT2D eigenvalue weighted by Crippen LogP contribution is -2.26. The van der Waals surface area contributed by atoms with Gasteiger partial charge in [0.25, 0.3) is 5.91 Å². The van der Waals surface area contributed by atoms with Crippen molar-refractivity contribution in [3.05, 3.63) is 83.9 Å². The Labute approximate surface area is 151 Å². The maximum atomic E-state index is 13.8. The molecule has 0 fully saturated rings. The number of nitrogens with zero attached hydrogens (tertiary/aromatic N) is 1. The normalized spacial score (nSPS) is 11.7. The van der Waals surface area contributed by atoms with Crippen LogP contribution in [-0.2, 0) is 0 Å². The molecule has 0 spiro atoms. The molecule has 132 valence electrons. The van der Waals surface area contributed by atoms with E-state index in [1.807, 2.05) is 31.2 Å². The van der Waals surface area contributed by atoms with Gasteiger partial charge in [0.15, 0.2) is 0 Å².